The molecule has 1 amide bonds. The van der Waals surface area contributed by atoms with Crippen LogP contribution >= 0.6 is 11.6 Å². The molecular formula is C16H16ClNO5. The van der Waals surface area contributed by atoms with Crippen LogP contribution in [-0.4, -0.2) is 46.4 Å². The Kier molecular flexibility index (Phi) is 4.02. The molecule has 3 rings (SSSR count). The molecule has 122 valence electrons. The topological polar surface area (TPSA) is 83.9 Å². The number of rotatable bonds is 2. The molecular weight excluding hydrogens is 322 g/mol. The van der Waals surface area contributed by atoms with Crippen LogP contribution in [0, 0.1) is 0 Å². The van der Waals surface area contributed by atoms with E-state index < -0.39 is 11.6 Å². The molecule has 2 aliphatic rings. The third-order valence-corrected chi connectivity index (χ3v) is 4.60. The molecule has 2 aliphatic heterocycles. The SMILES string of the molecule is O=C(O)CN1CCC2(CCC1=O)CC(=O)c1cc(Cl)ccc1O2. The van der Waals surface area contributed by atoms with Crippen molar-refractivity contribution >= 4 is 29.3 Å². The molecule has 7 heteroatoms. The molecule has 1 aromatic rings. The van der Waals surface area contributed by atoms with Crippen molar-refractivity contribution in [1.82, 2.24) is 4.90 Å². The Morgan fingerprint density at radius 2 is 2.13 bits per heavy atom. The van der Waals surface area contributed by atoms with Crippen LogP contribution in [0.1, 0.15) is 36.0 Å². The average molecular weight is 338 g/mol. The minimum atomic E-state index is -1.05. The number of nitrogens with zero attached hydrogens (tertiary/aromatic N) is 1. The van der Waals surface area contributed by atoms with Gasteiger partial charge in [-0.15, -0.1) is 0 Å². The maximum Gasteiger partial charge on any atom is 0.323 e. The maximum absolute atomic E-state index is 12.4. The fraction of sp³-hybridized carbons (Fsp3) is 0.438. The van der Waals surface area contributed by atoms with Crippen molar-refractivity contribution in [3.63, 3.8) is 0 Å². The number of hydrogen-bond acceptors (Lipinski definition) is 4. The Hall–Kier alpha value is -2.08. The monoisotopic (exact) mass is 337 g/mol. The molecule has 1 atom stereocenters. The quantitative estimate of drug-likeness (QED) is 0.893. The smallest absolute Gasteiger partial charge is 0.323 e. The summed E-state index contributed by atoms with van der Waals surface area (Å²) < 4.78 is 6.06. The Bertz CT molecular complexity index is 689. The number of hydrogen-bond donors (Lipinski definition) is 1. The van der Waals surface area contributed by atoms with E-state index in [9.17, 15) is 14.4 Å². The molecule has 0 aromatic heterocycles. The maximum atomic E-state index is 12.4. The first kappa shape index (κ1) is 15.8. The van der Waals surface area contributed by atoms with E-state index in [1.807, 2.05) is 0 Å². The van der Waals surface area contributed by atoms with Gasteiger partial charge in [-0.05, 0) is 24.6 Å². The van der Waals surface area contributed by atoms with Gasteiger partial charge in [0.1, 0.15) is 17.9 Å². The fourth-order valence-electron chi connectivity index (χ4n) is 3.16. The Morgan fingerprint density at radius 1 is 1.35 bits per heavy atom. The Labute approximate surface area is 138 Å². The van der Waals surface area contributed by atoms with Crippen LogP contribution in [0.5, 0.6) is 5.75 Å². The minimum Gasteiger partial charge on any atom is -0.486 e. The summed E-state index contributed by atoms with van der Waals surface area (Å²) in [4.78, 5) is 36.6. The van der Waals surface area contributed by atoms with Crippen molar-refractivity contribution in [3.8, 4) is 5.75 Å². The van der Waals surface area contributed by atoms with Crippen molar-refractivity contribution < 1.29 is 24.2 Å². The van der Waals surface area contributed by atoms with Crippen LogP contribution < -0.4 is 4.74 Å². The normalized spacial score (nSPS) is 24.1. The molecule has 0 aliphatic carbocycles. The van der Waals surface area contributed by atoms with Gasteiger partial charge in [0, 0.05) is 24.4 Å². The first-order chi connectivity index (χ1) is 10.9. The van der Waals surface area contributed by atoms with E-state index in [0.29, 0.717) is 29.2 Å². The standard InChI is InChI=1S/C16H16ClNO5/c17-10-1-2-13-11(7-10)12(19)8-16(23-13)4-3-14(20)18(6-5-16)9-15(21)22/h1-2,7H,3-6,8-9H2,(H,21,22). The number of carboxylic acids is 1. The van der Waals surface area contributed by atoms with Crippen LogP contribution in [0.15, 0.2) is 18.2 Å². The molecule has 1 saturated heterocycles. The number of carboxylic acid groups (broad SMARTS) is 1. The van der Waals surface area contributed by atoms with Gasteiger partial charge in [-0.25, -0.2) is 0 Å². The first-order valence-electron chi connectivity index (χ1n) is 7.40. The first-order valence-corrected chi connectivity index (χ1v) is 7.78. The minimum absolute atomic E-state index is 0.0621. The Balaban J connectivity index is 1.83. The van der Waals surface area contributed by atoms with Gasteiger partial charge in [0.05, 0.1) is 12.0 Å². The van der Waals surface area contributed by atoms with Gasteiger partial charge in [0.2, 0.25) is 5.91 Å². The highest BCUT2D eigenvalue weighted by atomic mass is 35.5. The zero-order valence-corrected chi connectivity index (χ0v) is 13.1. The molecule has 1 fully saturated rings. The summed E-state index contributed by atoms with van der Waals surface area (Å²) in [5, 5.41) is 9.36. The number of aliphatic carboxylic acids is 1. The van der Waals surface area contributed by atoms with Crippen LogP contribution in [0.25, 0.3) is 0 Å². The van der Waals surface area contributed by atoms with Gasteiger partial charge >= 0.3 is 5.97 Å². The molecule has 1 unspecified atom stereocenters. The Morgan fingerprint density at radius 3 is 2.87 bits per heavy atom. The third kappa shape index (κ3) is 3.17. The highest BCUT2D eigenvalue weighted by Crippen LogP contribution is 2.40. The lowest BCUT2D eigenvalue weighted by molar-refractivity contribution is -0.144. The number of benzene rings is 1. The van der Waals surface area contributed by atoms with Crippen LogP contribution in [0.2, 0.25) is 5.02 Å². The highest BCUT2D eigenvalue weighted by Gasteiger charge is 2.43. The molecule has 23 heavy (non-hydrogen) atoms. The van der Waals surface area contributed by atoms with E-state index in [2.05, 4.69) is 0 Å². The number of ketones is 1. The summed E-state index contributed by atoms with van der Waals surface area (Å²) in [6, 6.07) is 4.91. The van der Waals surface area contributed by atoms with Gasteiger partial charge in [-0.1, -0.05) is 11.6 Å². The molecule has 1 aromatic carbocycles. The second-order valence-electron chi connectivity index (χ2n) is 5.98. The summed E-state index contributed by atoms with van der Waals surface area (Å²) in [5.41, 5.74) is -0.290. The van der Waals surface area contributed by atoms with Crippen molar-refractivity contribution in [2.75, 3.05) is 13.1 Å². The molecule has 6 nitrogen and oxygen atoms in total. The molecule has 0 bridgehead atoms. The predicted octanol–water partition coefficient (Wildman–Crippen LogP) is 2.14. The number of halogens is 1. The van der Waals surface area contributed by atoms with Gasteiger partial charge < -0.3 is 14.7 Å². The van der Waals surface area contributed by atoms with E-state index in [0.717, 1.165) is 0 Å². The highest BCUT2D eigenvalue weighted by molar-refractivity contribution is 6.31. The lowest BCUT2D eigenvalue weighted by atomic mass is 9.84. The third-order valence-electron chi connectivity index (χ3n) is 4.36. The number of Topliss-reactive ketones (excluding diaryl/α,β-unsaturated/α-hetero) is 1. The summed E-state index contributed by atoms with van der Waals surface area (Å²) in [5.74, 6) is -0.852. The van der Waals surface area contributed by atoms with Crippen molar-refractivity contribution in [2.45, 2.75) is 31.3 Å². The number of amides is 1. The van der Waals surface area contributed by atoms with Crippen LogP contribution in [0.3, 0.4) is 0 Å². The average Bonchev–Trinajstić information content (AvgIpc) is 2.62. The van der Waals surface area contributed by atoms with E-state index in [4.69, 9.17) is 21.4 Å². The molecule has 0 saturated carbocycles. The van der Waals surface area contributed by atoms with Crippen molar-refractivity contribution in [1.29, 1.82) is 0 Å². The van der Waals surface area contributed by atoms with E-state index in [1.54, 1.807) is 18.2 Å². The fourth-order valence-corrected chi connectivity index (χ4v) is 3.33. The van der Waals surface area contributed by atoms with E-state index in [-0.39, 0.29) is 37.6 Å². The van der Waals surface area contributed by atoms with Gasteiger partial charge in [-0.3, -0.25) is 14.4 Å². The van der Waals surface area contributed by atoms with Gasteiger partial charge in [0.25, 0.3) is 0 Å². The number of carbonyl (C=O) groups is 3. The van der Waals surface area contributed by atoms with E-state index in [1.165, 1.54) is 4.90 Å². The molecule has 1 N–H and O–H groups in total. The molecule has 0 radical (unpaired) electrons. The largest absolute Gasteiger partial charge is 0.486 e. The summed E-state index contributed by atoms with van der Waals surface area (Å²) in [6.07, 6.45) is 1.17. The number of ether oxygens (including phenoxy) is 1. The van der Waals surface area contributed by atoms with Gasteiger partial charge in [-0.2, -0.15) is 0 Å². The second kappa shape index (κ2) is 5.85. The van der Waals surface area contributed by atoms with E-state index >= 15 is 0 Å². The summed E-state index contributed by atoms with van der Waals surface area (Å²) in [6.45, 7) is -0.0591. The summed E-state index contributed by atoms with van der Waals surface area (Å²) in [7, 11) is 0. The van der Waals surface area contributed by atoms with Crippen LogP contribution in [0.4, 0.5) is 0 Å². The molecule has 2 heterocycles. The zero-order valence-electron chi connectivity index (χ0n) is 12.4. The predicted molar refractivity (Wildman–Crippen MR) is 81.8 cm³/mol. The zero-order chi connectivity index (χ0) is 16.6. The number of carbonyl (C=O) groups excluding carboxylic acids is 2. The van der Waals surface area contributed by atoms with Crippen LogP contribution in [-0.2, 0) is 9.59 Å². The summed E-state index contributed by atoms with van der Waals surface area (Å²) >= 11 is 5.92. The molecule has 1 spiro atoms. The lowest BCUT2D eigenvalue weighted by Crippen LogP contribution is -2.43. The number of likely N-dealkylation sites (tertiary alicyclic amines) is 1. The number of fused-ring (bicyclic) bond motifs is 1. The van der Waals surface area contributed by atoms with Gasteiger partial charge in [0.15, 0.2) is 5.78 Å². The van der Waals surface area contributed by atoms with Crippen molar-refractivity contribution in [2.24, 2.45) is 0 Å². The second-order valence-corrected chi connectivity index (χ2v) is 6.42. The van der Waals surface area contributed by atoms with Crippen molar-refractivity contribution in [3.05, 3.63) is 28.8 Å². The lowest BCUT2D eigenvalue weighted by Gasteiger charge is -2.37.